The Hall–Kier alpha value is -1.75. The third-order valence-corrected chi connectivity index (χ3v) is 5.85. The van der Waals surface area contributed by atoms with Gasteiger partial charge in [-0.25, -0.2) is 0 Å². The number of allylic oxidation sites excluding steroid dienone is 4. The summed E-state index contributed by atoms with van der Waals surface area (Å²) in [4.78, 5) is 2.57. The smallest absolute Gasteiger partial charge is 0.121 e. The average Bonchev–Trinajstić information content (AvgIpc) is 2.72. The fourth-order valence-electron chi connectivity index (χ4n) is 3.96. The summed E-state index contributed by atoms with van der Waals surface area (Å²) in [5.74, 6) is 2.27. The van der Waals surface area contributed by atoms with Crippen molar-refractivity contribution < 1.29 is 9.47 Å². The molecular weight excluding hydrogens is 396 g/mol. The van der Waals surface area contributed by atoms with E-state index in [1.165, 1.54) is 11.1 Å². The lowest BCUT2D eigenvalue weighted by Crippen LogP contribution is -2.47. The second-order valence-electron chi connectivity index (χ2n) is 7.96. The minimum atomic E-state index is 0.481. The molecule has 0 radical (unpaired) electrons. The molecule has 2 unspecified atom stereocenters. The van der Waals surface area contributed by atoms with Crippen LogP contribution in [0.3, 0.4) is 0 Å². The molecule has 166 valence electrons. The fourth-order valence-corrected chi connectivity index (χ4v) is 4.19. The van der Waals surface area contributed by atoms with Gasteiger partial charge in [-0.05, 0) is 62.5 Å². The number of methoxy groups -OCH3 is 1. The maximum Gasteiger partial charge on any atom is 0.121 e. The maximum atomic E-state index is 5.92. The Morgan fingerprint density at radius 1 is 1.40 bits per heavy atom. The van der Waals surface area contributed by atoms with Crippen LogP contribution >= 0.6 is 11.6 Å². The minimum Gasteiger partial charge on any atom is -0.496 e. The van der Waals surface area contributed by atoms with Gasteiger partial charge >= 0.3 is 0 Å². The number of alkyl halides is 1. The van der Waals surface area contributed by atoms with Crippen molar-refractivity contribution in [1.82, 2.24) is 10.2 Å². The number of nitrogens with zero attached hydrogens (tertiary/aromatic N) is 1. The standard InChI is InChI=1S/C25H37ClN2O2/c1-6-7-25(19(2)10-12-26)30-15-13-27-23-11-14-28(21(4)17-23)18-22-8-9-24(29-5)20(3)16-22/h6-10,16,21,23,27H,1,11-15,17-18H2,2-5H3/b19-10-,25-7+. The zero-order chi connectivity index (χ0) is 21.9. The molecule has 0 spiro atoms. The van der Waals surface area contributed by atoms with E-state index in [9.17, 15) is 0 Å². The van der Waals surface area contributed by atoms with Crippen molar-refractivity contribution in [2.45, 2.75) is 52.2 Å². The number of ether oxygens (including phenoxy) is 2. The first kappa shape index (κ1) is 24.5. The number of piperidine rings is 1. The molecule has 30 heavy (non-hydrogen) atoms. The van der Waals surface area contributed by atoms with Crippen molar-refractivity contribution in [3.63, 3.8) is 0 Å². The largest absolute Gasteiger partial charge is 0.496 e. The fraction of sp³-hybridized carbons (Fsp3) is 0.520. The lowest BCUT2D eigenvalue weighted by Gasteiger charge is -2.38. The molecule has 1 N–H and O–H groups in total. The van der Waals surface area contributed by atoms with Crippen molar-refractivity contribution in [3.8, 4) is 5.75 Å². The number of hydrogen-bond acceptors (Lipinski definition) is 4. The summed E-state index contributed by atoms with van der Waals surface area (Å²) < 4.78 is 11.3. The van der Waals surface area contributed by atoms with Crippen LogP contribution < -0.4 is 10.1 Å². The van der Waals surface area contributed by atoms with Gasteiger partial charge in [-0.1, -0.05) is 30.9 Å². The highest BCUT2D eigenvalue weighted by molar-refractivity contribution is 6.18. The number of halogens is 1. The highest BCUT2D eigenvalue weighted by Gasteiger charge is 2.25. The molecule has 1 fully saturated rings. The normalized spacial score (nSPS) is 20.8. The molecule has 0 amide bonds. The number of hydrogen-bond donors (Lipinski definition) is 1. The molecule has 2 rings (SSSR count). The molecule has 1 aromatic carbocycles. The summed E-state index contributed by atoms with van der Waals surface area (Å²) in [5.41, 5.74) is 3.59. The highest BCUT2D eigenvalue weighted by atomic mass is 35.5. The van der Waals surface area contributed by atoms with E-state index in [4.69, 9.17) is 21.1 Å². The van der Waals surface area contributed by atoms with E-state index in [2.05, 4.69) is 48.8 Å². The predicted octanol–water partition coefficient (Wildman–Crippen LogP) is 5.22. The van der Waals surface area contributed by atoms with E-state index in [-0.39, 0.29) is 0 Å². The van der Waals surface area contributed by atoms with Gasteiger partial charge < -0.3 is 14.8 Å². The first-order valence-corrected chi connectivity index (χ1v) is 11.3. The Morgan fingerprint density at radius 2 is 2.20 bits per heavy atom. The summed E-state index contributed by atoms with van der Waals surface area (Å²) in [7, 11) is 1.72. The van der Waals surface area contributed by atoms with Crippen LogP contribution in [0.25, 0.3) is 0 Å². The van der Waals surface area contributed by atoms with Crippen LogP contribution in [0.15, 0.2) is 54.3 Å². The molecule has 0 aromatic heterocycles. The van der Waals surface area contributed by atoms with Gasteiger partial charge in [0.25, 0.3) is 0 Å². The molecular formula is C25H37ClN2O2. The number of rotatable bonds is 11. The van der Waals surface area contributed by atoms with E-state index < -0.39 is 0 Å². The van der Waals surface area contributed by atoms with Crippen LogP contribution in [-0.4, -0.2) is 49.7 Å². The number of aryl methyl sites for hydroxylation is 1. The van der Waals surface area contributed by atoms with Crippen molar-refractivity contribution in [3.05, 3.63) is 65.5 Å². The van der Waals surface area contributed by atoms with Gasteiger partial charge in [-0.15, -0.1) is 11.6 Å². The average molecular weight is 433 g/mol. The summed E-state index contributed by atoms with van der Waals surface area (Å²) in [5, 5.41) is 3.66. The highest BCUT2D eigenvalue weighted by Crippen LogP contribution is 2.23. The van der Waals surface area contributed by atoms with Crippen LogP contribution in [0.4, 0.5) is 0 Å². The molecule has 0 bridgehead atoms. The predicted molar refractivity (Wildman–Crippen MR) is 127 cm³/mol. The Balaban J connectivity index is 1.76. The Bertz CT molecular complexity index is 745. The van der Waals surface area contributed by atoms with Crippen LogP contribution in [0.5, 0.6) is 5.75 Å². The van der Waals surface area contributed by atoms with Crippen LogP contribution in [0.1, 0.15) is 37.8 Å². The van der Waals surface area contributed by atoms with E-state index in [0.29, 0.717) is 24.6 Å². The van der Waals surface area contributed by atoms with E-state index in [1.54, 1.807) is 13.2 Å². The van der Waals surface area contributed by atoms with Gasteiger partial charge in [0.1, 0.15) is 18.1 Å². The second kappa shape index (κ2) is 12.8. The van der Waals surface area contributed by atoms with E-state index >= 15 is 0 Å². The van der Waals surface area contributed by atoms with Crippen molar-refractivity contribution >= 4 is 11.6 Å². The molecule has 1 aliphatic heterocycles. The Morgan fingerprint density at radius 3 is 2.83 bits per heavy atom. The lowest BCUT2D eigenvalue weighted by atomic mass is 9.97. The van der Waals surface area contributed by atoms with Crippen molar-refractivity contribution in [2.75, 3.05) is 32.7 Å². The lowest BCUT2D eigenvalue weighted by molar-refractivity contribution is 0.124. The molecule has 1 aliphatic rings. The first-order valence-electron chi connectivity index (χ1n) is 10.8. The summed E-state index contributed by atoms with van der Waals surface area (Å²) in [6.45, 7) is 13.8. The molecule has 0 saturated carbocycles. The third-order valence-electron chi connectivity index (χ3n) is 5.69. The molecule has 0 aliphatic carbocycles. The summed E-state index contributed by atoms with van der Waals surface area (Å²) >= 11 is 5.79. The SMILES string of the molecule is C=C/C=C(OCCNC1CCN(Cc2ccc(OC)c(C)c2)C(C)C1)\C(C)=C/CCl. The van der Waals surface area contributed by atoms with Crippen molar-refractivity contribution in [2.24, 2.45) is 0 Å². The quantitative estimate of drug-likeness (QED) is 0.225. The van der Waals surface area contributed by atoms with Gasteiger partial charge in [-0.3, -0.25) is 4.90 Å². The van der Waals surface area contributed by atoms with Crippen LogP contribution in [-0.2, 0) is 11.3 Å². The Labute approximate surface area is 187 Å². The number of likely N-dealkylation sites (tertiary alicyclic amines) is 1. The summed E-state index contributed by atoms with van der Waals surface area (Å²) in [6.07, 6.45) is 7.89. The zero-order valence-electron chi connectivity index (χ0n) is 18.9. The third kappa shape index (κ3) is 7.50. The van der Waals surface area contributed by atoms with Crippen molar-refractivity contribution in [1.29, 1.82) is 0 Å². The maximum absolute atomic E-state index is 5.92. The molecule has 1 saturated heterocycles. The number of nitrogens with one attached hydrogen (secondary N) is 1. The minimum absolute atomic E-state index is 0.481. The molecule has 2 atom stereocenters. The van der Waals surface area contributed by atoms with E-state index in [1.807, 2.05) is 19.1 Å². The van der Waals surface area contributed by atoms with Crippen LogP contribution in [0, 0.1) is 6.92 Å². The van der Waals surface area contributed by atoms with Gasteiger partial charge in [0.05, 0.1) is 7.11 Å². The zero-order valence-corrected chi connectivity index (χ0v) is 19.7. The molecule has 1 aromatic rings. The monoisotopic (exact) mass is 432 g/mol. The second-order valence-corrected chi connectivity index (χ2v) is 8.26. The van der Waals surface area contributed by atoms with Gasteiger partial charge in [0.15, 0.2) is 0 Å². The summed E-state index contributed by atoms with van der Waals surface area (Å²) in [6, 6.07) is 7.56. The van der Waals surface area contributed by atoms with Gasteiger partial charge in [0, 0.05) is 37.6 Å². The topological polar surface area (TPSA) is 33.7 Å². The first-order chi connectivity index (χ1) is 14.5. The Kier molecular flexibility index (Phi) is 10.5. The van der Waals surface area contributed by atoms with Crippen LogP contribution in [0.2, 0.25) is 0 Å². The van der Waals surface area contributed by atoms with E-state index in [0.717, 1.165) is 49.6 Å². The van der Waals surface area contributed by atoms with Gasteiger partial charge in [0.2, 0.25) is 0 Å². The van der Waals surface area contributed by atoms with Gasteiger partial charge in [-0.2, -0.15) is 0 Å². The molecule has 1 heterocycles. The molecule has 5 heteroatoms. The number of benzene rings is 1. The molecule has 4 nitrogen and oxygen atoms in total.